The van der Waals surface area contributed by atoms with Gasteiger partial charge in [-0.3, -0.25) is 10.1 Å². The third-order valence-electron chi connectivity index (χ3n) is 2.10. The molecule has 0 aliphatic heterocycles. The smallest absolute Gasteiger partial charge is 0.258 e. The molecule has 2 rings (SSSR count). The summed E-state index contributed by atoms with van der Waals surface area (Å²) in [5.74, 6) is 1.27. The molecule has 0 spiro atoms. The van der Waals surface area contributed by atoms with Gasteiger partial charge in [-0.15, -0.1) is 0 Å². The van der Waals surface area contributed by atoms with E-state index >= 15 is 0 Å². The van der Waals surface area contributed by atoms with Gasteiger partial charge in [0.1, 0.15) is 5.82 Å². The van der Waals surface area contributed by atoms with Crippen molar-refractivity contribution in [3.05, 3.63) is 44.7 Å². The van der Waals surface area contributed by atoms with E-state index in [4.69, 9.17) is 11.6 Å². The lowest BCUT2D eigenvalue weighted by atomic mass is 10.2. The van der Waals surface area contributed by atoms with Gasteiger partial charge in [-0.05, 0) is 30.1 Å². The zero-order chi connectivity index (χ0) is 13.1. The van der Waals surface area contributed by atoms with Gasteiger partial charge in [0.15, 0.2) is 4.34 Å². The third kappa shape index (κ3) is 3.18. The maximum atomic E-state index is 10.7. The molecule has 18 heavy (non-hydrogen) atoms. The van der Waals surface area contributed by atoms with Gasteiger partial charge >= 0.3 is 0 Å². The van der Waals surface area contributed by atoms with Crippen molar-refractivity contribution in [3.8, 4) is 0 Å². The number of halogens is 1. The number of nitro benzene ring substituents is 1. The summed E-state index contributed by atoms with van der Waals surface area (Å²) in [7, 11) is 0. The minimum atomic E-state index is -0.431. The topological polar surface area (TPSA) is 68.9 Å². The van der Waals surface area contributed by atoms with E-state index in [1.54, 1.807) is 6.07 Å². The molecule has 0 atom stereocenters. The van der Waals surface area contributed by atoms with Crippen LogP contribution in [0.25, 0.3) is 0 Å². The standard InChI is InChI=1S/C10H8ClN3O2S2/c1-6-12-10(18-13-6)17-5-7-4-8(14(15)16)2-3-9(7)11/h2-4H,5H2,1H3. The van der Waals surface area contributed by atoms with Crippen LogP contribution in [0.5, 0.6) is 0 Å². The SMILES string of the molecule is Cc1nsc(SCc2cc([N+](=O)[O-])ccc2Cl)n1. The van der Waals surface area contributed by atoms with E-state index < -0.39 is 4.92 Å². The monoisotopic (exact) mass is 301 g/mol. The zero-order valence-electron chi connectivity index (χ0n) is 9.29. The molecule has 0 radical (unpaired) electrons. The molecule has 0 aliphatic carbocycles. The Morgan fingerprint density at radius 3 is 2.94 bits per heavy atom. The lowest BCUT2D eigenvalue weighted by Crippen LogP contribution is -1.90. The van der Waals surface area contributed by atoms with Gasteiger partial charge < -0.3 is 0 Å². The molecule has 0 amide bonds. The molecular formula is C10H8ClN3O2S2. The van der Waals surface area contributed by atoms with E-state index in [-0.39, 0.29) is 5.69 Å². The summed E-state index contributed by atoms with van der Waals surface area (Å²) in [6.45, 7) is 1.82. The molecule has 0 unspecified atom stereocenters. The second-order valence-corrected chi connectivity index (χ2v) is 5.81. The Morgan fingerprint density at radius 2 is 2.33 bits per heavy atom. The highest BCUT2D eigenvalue weighted by Gasteiger charge is 2.11. The van der Waals surface area contributed by atoms with E-state index in [1.165, 1.54) is 35.4 Å². The molecule has 0 aliphatic rings. The van der Waals surface area contributed by atoms with Crippen LogP contribution >= 0.6 is 34.9 Å². The first-order valence-electron chi connectivity index (χ1n) is 4.92. The number of rotatable bonds is 4. The first-order chi connectivity index (χ1) is 8.56. The molecule has 94 valence electrons. The number of benzene rings is 1. The van der Waals surface area contributed by atoms with Crippen LogP contribution in [0.15, 0.2) is 22.5 Å². The van der Waals surface area contributed by atoms with E-state index in [2.05, 4.69) is 9.36 Å². The molecule has 1 heterocycles. The average molecular weight is 302 g/mol. The highest BCUT2D eigenvalue weighted by Crippen LogP contribution is 2.29. The van der Waals surface area contributed by atoms with Crippen LogP contribution in [0.2, 0.25) is 5.02 Å². The molecule has 0 saturated carbocycles. The van der Waals surface area contributed by atoms with Gasteiger partial charge in [-0.2, -0.15) is 4.37 Å². The van der Waals surface area contributed by atoms with Crippen LogP contribution < -0.4 is 0 Å². The molecular weight excluding hydrogens is 294 g/mol. The van der Waals surface area contributed by atoms with E-state index in [9.17, 15) is 10.1 Å². The lowest BCUT2D eigenvalue weighted by Gasteiger charge is -2.02. The molecule has 2 aromatic rings. The normalized spacial score (nSPS) is 10.6. The quantitative estimate of drug-likeness (QED) is 0.489. The Labute approximate surface area is 117 Å². The lowest BCUT2D eigenvalue weighted by molar-refractivity contribution is -0.384. The first-order valence-corrected chi connectivity index (χ1v) is 7.06. The highest BCUT2D eigenvalue weighted by atomic mass is 35.5. The van der Waals surface area contributed by atoms with Crippen LogP contribution in [0.4, 0.5) is 5.69 Å². The summed E-state index contributed by atoms with van der Waals surface area (Å²) < 4.78 is 4.89. The number of hydrogen-bond acceptors (Lipinski definition) is 6. The Morgan fingerprint density at radius 1 is 1.56 bits per heavy atom. The van der Waals surface area contributed by atoms with Crippen molar-refractivity contribution >= 4 is 40.6 Å². The zero-order valence-corrected chi connectivity index (χ0v) is 11.7. The molecule has 5 nitrogen and oxygen atoms in total. The fourth-order valence-corrected chi connectivity index (χ4v) is 3.16. The van der Waals surface area contributed by atoms with Crippen LogP contribution in [0.3, 0.4) is 0 Å². The van der Waals surface area contributed by atoms with Crippen molar-refractivity contribution in [2.75, 3.05) is 0 Å². The van der Waals surface area contributed by atoms with Crippen molar-refractivity contribution in [1.82, 2.24) is 9.36 Å². The van der Waals surface area contributed by atoms with Gasteiger partial charge in [-0.1, -0.05) is 23.4 Å². The van der Waals surface area contributed by atoms with Crippen molar-refractivity contribution in [2.24, 2.45) is 0 Å². The second-order valence-electron chi connectivity index (χ2n) is 3.43. The number of thioether (sulfide) groups is 1. The largest absolute Gasteiger partial charge is 0.269 e. The van der Waals surface area contributed by atoms with E-state index in [0.717, 1.165) is 15.7 Å². The number of aromatic nitrogens is 2. The number of non-ortho nitro benzene ring substituents is 1. The fraction of sp³-hybridized carbons (Fsp3) is 0.200. The molecule has 8 heteroatoms. The van der Waals surface area contributed by atoms with Crippen molar-refractivity contribution in [3.63, 3.8) is 0 Å². The predicted molar refractivity (Wildman–Crippen MR) is 72.3 cm³/mol. The summed E-state index contributed by atoms with van der Waals surface area (Å²) in [5.41, 5.74) is 0.771. The van der Waals surface area contributed by atoms with Crippen molar-refractivity contribution < 1.29 is 4.92 Å². The second kappa shape index (κ2) is 5.64. The Bertz CT molecular complexity index is 588. The average Bonchev–Trinajstić information content (AvgIpc) is 2.74. The van der Waals surface area contributed by atoms with Crippen LogP contribution in [-0.2, 0) is 5.75 Å². The highest BCUT2D eigenvalue weighted by molar-refractivity contribution is 8.00. The molecule has 0 bridgehead atoms. The van der Waals surface area contributed by atoms with E-state index in [1.807, 2.05) is 6.92 Å². The molecule has 1 aromatic heterocycles. The first kappa shape index (κ1) is 13.3. The summed E-state index contributed by atoms with van der Waals surface area (Å²) in [5, 5.41) is 11.2. The predicted octanol–water partition coefficient (Wildman–Crippen LogP) is 3.70. The minimum Gasteiger partial charge on any atom is -0.258 e. The number of nitrogens with zero attached hydrogens (tertiary/aromatic N) is 3. The Kier molecular flexibility index (Phi) is 4.15. The maximum absolute atomic E-state index is 10.7. The molecule has 0 saturated heterocycles. The number of aryl methyl sites for hydroxylation is 1. The molecule has 1 aromatic carbocycles. The Hall–Kier alpha value is -1.18. The van der Waals surface area contributed by atoms with Crippen molar-refractivity contribution in [2.45, 2.75) is 17.0 Å². The summed E-state index contributed by atoms with van der Waals surface area (Å²) in [6.07, 6.45) is 0. The van der Waals surface area contributed by atoms with Crippen LogP contribution in [-0.4, -0.2) is 14.3 Å². The summed E-state index contributed by atoms with van der Waals surface area (Å²) >= 11 is 8.78. The minimum absolute atomic E-state index is 0.0449. The molecule has 0 fully saturated rings. The Balaban J connectivity index is 2.13. The third-order valence-corrected chi connectivity index (χ3v) is 4.44. The maximum Gasteiger partial charge on any atom is 0.269 e. The van der Waals surface area contributed by atoms with Gasteiger partial charge in [0.25, 0.3) is 5.69 Å². The van der Waals surface area contributed by atoms with E-state index in [0.29, 0.717) is 10.8 Å². The van der Waals surface area contributed by atoms with Crippen LogP contribution in [0.1, 0.15) is 11.4 Å². The number of nitro groups is 1. The van der Waals surface area contributed by atoms with Gasteiger partial charge in [0.05, 0.1) is 4.92 Å². The van der Waals surface area contributed by atoms with Gasteiger partial charge in [0.2, 0.25) is 0 Å². The van der Waals surface area contributed by atoms with Crippen molar-refractivity contribution in [1.29, 1.82) is 0 Å². The number of hydrogen-bond donors (Lipinski definition) is 0. The summed E-state index contributed by atoms with van der Waals surface area (Å²) in [6, 6.07) is 4.43. The molecule has 0 N–H and O–H groups in total. The van der Waals surface area contributed by atoms with Gasteiger partial charge in [-0.25, -0.2) is 4.98 Å². The fourth-order valence-electron chi connectivity index (χ4n) is 1.26. The van der Waals surface area contributed by atoms with Gasteiger partial charge in [0, 0.05) is 22.9 Å². The summed E-state index contributed by atoms with van der Waals surface area (Å²) in [4.78, 5) is 14.5. The van der Waals surface area contributed by atoms with Crippen LogP contribution in [0, 0.1) is 17.0 Å².